The number of amides is 1. The predicted octanol–water partition coefficient (Wildman–Crippen LogP) is 3.37. The van der Waals surface area contributed by atoms with Crippen LogP contribution in [0.4, 0.5) is 0 Å². The zero-order valence-corrected chi connectivity index (χ0v) is 14.9. The standard InChI is InChI=1S/C22H20N2O3/c25-20-9-8-18(16-5-2-1-3-6-16)21-17-11-15(13-24(20)21)12-23(14-17)22(26)19-7-4-10-27-19/h1-10,15,17H,11-14H2/t15-,17+/m0/s1. The van der Waals surface area contributed by atoms with Gasteiger partial charge in [-0.1, -0.05) is 30.3 Å². The number of aromatic nitrogens is 1. The Kier molecular flexibility index (Phi) is 3.74. The third-order valence-electron chi connectivity index (χ3n) is 5.69. The molecule has 136 valence electrons. The molecule has 1 saturated heterocycles. The minimum Gasteiger partial charge on any atom is -0.459 e. The fraction of sp³-hybridized carbons (Fsp3) is 0.273. The average Bonchev–Trinajstić information content (AvgIpc) is 3.23. The van der Waals surface area contributed by atoms with Crippen LogP contribution in [-0.4, -0.2) is 28.5 Å². The van der Waals surface area contributed by atoms with Gasteiger partial charge in [0.25, 0.3) is 11.5 Å². The van der Waals surface area contributed by atoms with Crippen LogP contribution in [-0.2, 0) is 6.54 Å². The van der Waals surface area contributed by atoms with Gasteiger partial charge in [-0.15, -0.1) is 0 Å². The van der Waals surface area contributed by atoms with Crippen LogP contribution >= 0.6 is 0 Å². The molecule has 5 rings (SSSR count). The van der Waals surface area contributed by atoms with Gasteiger partial charge in [-0.25, -0.2) is 0 Å². The van der Waals surface area contributed by atoms with Gasteiger partial charge in [0, 0.05) is 42.9 Å². The summed E-state index contributed by atoms with van der Waals surface area (Å²) in [6.07, 6.45) is 2.53. The highest BCUT2D eigenvalue weighted by Crippen LogP contribution is 2.40. The highest BCUT2D eigenvalue weighted by Gasteiger charge is 2.38. The Morgan fingerprint density at radius 3 is 2.59 bits per heavy atom. The lowest BCUT2D eigenvalue weighted by molar-refractivity contribution is 0.0564. The van der Waals surface area contributed by atoms with Crippen molar-refractivity contribution in [2.45, 2.75) is 18.9 Å². The second-order valence-electron chi connectivity index (χ2n) is 7.43. The molecule has 2 bridgehead atoms. The lowest BCUT2D eigenvalue weighted by Gasteiger charge is -2.43. The SMILES string of the molecule is O=C(c1ccco1)N1C[C@@H]2C[C@H](C1)c1c(-c3ccccc3)ccc(=O)n1C2. The van der Waals surface area contributed by atoms with E-state index < -0.39 is 0 Å². The molecule has 0 N–H and O–H groups in total. The summed E-state index contributed by atoms with van der Waals surface area (Å²) in [4.78, 5) is 27.2. The predicted molar refractivity (Wildman–Crippen MR) is 102 cm³/mol. The molecule has 5 nitrogen and oxygen atoms in total. The zero-order chi connectivity index (χ0) is 18.4. The largest absolute Gasteiger partial charge is 0.459 e. The van der Waals surface area contributed by atoms with E-state index in [1.165, 1.54) is 6.26 Å². The van der Waals surface area contributed by atoms with Crippen LogP contribution in [0.5, 0.6) is 0 Å². The summed E-state index contributed by atoms with van der Waals surface area (Å²) < 4.78 is 7.23. The maximum Gasteiger partial charge on any atom is 0.289 e. The number of hydrogen-bond donors (Lipinski definition) is 0. The number of likely N-dealkylation sites (tertiary alicyclic amines) is 1. The molecule has 1 fully saturated rings. The first-order valence-corrected chi connectivity index (χ1v) is 9.32. The van der Waals surface area contributed by atoms with Crippen LogP contribution in [0.1, 0.15) is 28.6 Å². The molecule has 4 heterocycles. The van der Waals surface area contributed by atoms with E-state index in [-0.39, 0.29) is 17.4 Å². The number of hydrogen-bond acceptors (Lipinski definition) is 3. The van der Waals surface area contributed by atoms with Gasteiger partial charge in [0.15, 0.2) is 5.76 Å². The number of nitrogens with zero attached hydrogens (tertiary/aromatic N) is 2. The zero-order valence-electron chi connectivity index (χ0n) is 14.9. The molecule has 0 spiro atoms. The van der Waals surface area contributed by atoms with Crippen LogP contribution in [0.25, 0.3) is 11.1 Å². The first-order chi connectivity index (χ1) is 13.2. The number of carbonyl (C=O) groups excluding carboxylic acids is 1. The molecule has 5 heteroatoms. The van der Waals surface area contributed by atoms with Gasteiger partial charge in [-0.05, 0) is 36.1 Å². The van der Waals surface area contributed by atoms with E-state index in [1.807, 2.05) is 33.7 Å². The Morgan fingerprint density at radius 1 is 0.963 bits per heavy atom. The Labute approximate surface area is 156 Å². The Hall–Kier alpha value is -3.08. The highest BCUT2D eigenvalue weighted by atomic mass is 16.3. The van der Waals surface area contributed by atoms with E-state index in [0.717, 1.165) is 23.2 Å². The third kappa shape index (κ3) is 2.70. The number of benzene rings is 1. The average molecular weight is 360 g/mol. The van der Waals surface area contributed by atoms with Gasteiger partial charge in [0.1, 0.15) is 0 Å². The molecule has 0 unspecified atom stereocenters. The smallest absolute Gasteiger partial charge is 0.289 e. The summed E-state index contributed by atoms with van der Waals surface area (Å²) in [5, 5.41) is 0. The van der Waals surface area contributed by atoms with E-state index in [2.05, 4.69) is 12.1 Å². The third-order valence-corrected chi connectivity index (χ3v) is 5.69. The number of fused-ring (bicyclic) bond motifs is 4. The van der Waals surface area contributed by atoms with Gasteiger partial charge < -0.3 is 13.9 Å². The summed E-state index contributed by atoms with van der Waals surface area (Å²) in [5.41, 5.74) is 3.30. The van der Waals surface area contributed by atoms with Crippen molar-refractivity contribution in [1.29, 1.82) is 0 Å². The molecule has 2 aliphatic heterocycles. The molecule has 2 aromatic heterocycles. The number of furan rings is 1. The second-order valence-corrected chi connectivity index (χ2v) is 7.43. The van der Waals surface area contributed by atoms with Crippen molar-refractivity contribution in [1.82, 2.24) is 9.47 Å². The van der Waals surface area contributed by atoms with E-state index in [1.54, 1.807) is 18.2 Å². The molecule has 27 heavy (non-hydrogen) atoms. The van der Waals surface area contributed by atoms with Gasteiger partial charge in [0.2, 0.25) is 0 Å². The summed E-state index contributed by atoms with van der Waals surface area (Å²) in [6.45, 7) is 1.93. The molecule has 3 aromatic rings. The summed E-state index contributed by atoms with van der Waals surface area (Å²) in [7, 11) is 0. The minimum atomic E-state index is -0.0670. The maximum absolute atomic E-state index is 12.8. The van der Waals surface area contributed by atoms with Crippen LogP contribution in [0, 0.1) is 5.92 Å². The number of rotatable bonds is 2. The Morgan fingerprint density at radius 2 is 1.81 bits per heavy atom. The lowest BCUT2D eigenvalue weighted by Crippen LogP contribution is -2.49. The minimum absolute atomic E-state index is 0.0465. The number of pyridine rings is 1. The van der Waals surface area contributed by atoms with Crippen molar-refractivity contribution in [2.24, 2.45) is 5.92 Å². The van der Waals surface area contributed by atoms with Gasteiger partial charge in [0.05, 0.1) is 6.26 Å². The molecule has 0 saturated carbocycles. The van der Waals surface area contributed by atoms with Crippen molar-refractivity contribution in [3.05, 3.63) is 82.7 Å². The van der Waals surface area contributed by atoms with E-state index >= 15 is 0 Å². The topological polar surface area (TPSA) is 55.5 Å². The molecule has 1 aromatic carbocycles. The summed E-state index contributed by atoms with van der Waals surface area (Å²) in [5.74, 6) is 0.755. The van der Waals surface area contributed by atoms with Crippen molar-refractivity contribution in [3.8, 4) is 11.1 Å². The maximum atomic E-state index is 12.8. The first-order valence-electron chi connectivity index (χ1n) is 9.32. The summed E-state index contributed by atoms with van der Waals surface area (Å²) in [6, 6.07) is 17.2. The Bertz CT molecular complexity index is 1040. The lowest BCUT2D eigenvalue weighted by atomic mass is 9.80. The van der Waals surface area contributed by atoms with E-state index in [9.17, 15) is 9.59 Å². The highest BCUT2D eigenvalue weighted by molar-refractivity contribution is 5.91. The normalized spacial score (nSPS) is 21.0. The molecular formula is C22H20N2O3. The first kappa shape index (κ1) is 16.1. The molecule has 0 radical (unpaired) electrons. The fourth-order valence-electron chi connectivity index (χ4n) is 4.60. The quantitative estimate of drug-likeness (QED) is 0.704. The van der Waals surface area contributed by atoms with Crippen molar-refractivity contribution in [3.63, 3.8) is 0 Å². The monoisotopic (exact) mass is 360 g/mol. The van der Waals surface area contributed by atoms with Gasteiger partial charge in [-0.2, -0.15) is 0 Å². The fourth-order valence-corrected chi connectivity index (χ4v) is 4.60. The molecular weight excluding hydrogens is 340 g/mol. The number of carbonyl (C=O) groups is 1. The van der Waals surface area contributed by atoms with E-state index in [0.29, 0.717) is 31.3 Å². The molecule has 2 atom stereocenters. The summed E-state index contributed by atoms with van der Waals surface area (Å²) >= 11 is 0. The molecule has 2 aliphatic rings. The van der Waals surface area contributed by atoms with Crippen molar-refractivity contribution in [2.75, 3.05) is 13.1 Å². The van der Waals surface area contributed by atoms with Crippen LogP contribution < -0.4 is 5.56 Å². The second kappa shape index (κ2) is 6.27. The molecule has 0 aliphatic carbocycles. The Balaban J connectivity index is 1.57. The molecule has 1 amide bonds. The van der Waals surface area contributed by atoms with Gasteiger partial charge in [-0.3, -0.25) is 9.59 Å². The van der Waals surface area contributed by atoms with Gasteiger partial charge >= 0.3 is 0 Å². The van der Waals surface area contributed by atoms with Crippen LogP contribution in [0.3, 0.4) is 0 Å². The number of piperidine rings is 1. The van der Waals surface area contributed by atoms with Crippen molar-refractivity contribution < 1.29 is 9.21 Å². The van der Waals surface area contributed by atoms with E-state index in [4.69, 9.17) is 4.42 Å². The van der Waals surface area contributed by atoms with Crippen LogP contribution in [0.15, 0.2) is 70.1 Å². The van der Waals surface area contributed by atoms with Crippen molar-refractivity contribution >= 4 is 5.91 Å². The van der Waals surface area contributed by atoms with Crippen LogP contribution in [0.2, 0.25) is 0 Å².